The van der Waals surface area contributed by atoms with E-state index in [2.05, 4.69) is 42.8 Å². The van der Waals surface area contributed by atoms with Crippen LogP contribution >= 0.6 is 24.0 Å². The van der Waals surface area contributed by atoms with E-state index < -0.39 is 0 Å². The highest BCUT2D eigenvalue weighted by Crippen LogP contribution is 2.18. The Hall–Kier alpha value is -0.870. The third-order valence-electron chi connectivity index (χ3n) is 5.45. The molecule has 154 valence electrons. The number of guanidine groups is 1. The van der Waals surface area contributed by atoms with Gasteiger partial charge < -0.3 is 19.5 Å². The van der Waals surface area contributed by atoms with Crippen LogP contribution in [0, 0.1) is 12.8 Å². The van der Waals surface area contributed by atoms with E-state index in [0.29, 0.717) is 0 Å². The Morgan fingerprint density at radius 1 is 1.30 bits per heavy atom. The first-order chi connectivity index (χ1) is 12.8. The fourth-order valence-corrected chi connectivity index (χ4v) is 3.90. The Balaban J connectivity index is 0.00000261. The van der Waals surface area contributed by atoms with Gasteiger partial charge in [0, 0.05) is 65.3 Å². The fraction of sp³-hybridized carbons (Fsp3) is 0.789. The molecule has 0 radical (unpaired) electrons. The minimum Gasteiger partial charge on any atom is -0.379 e. The van der Waals surface area contributed by atoms with Crippen LogP contribution in [0.5, 0.6) is 0 Å². The summed E-state index contributed by atoms with van der Waals surface area (Å²) in [5.74, 6) is 2.90. The Labute approximate surface area is 180 Å². The number of nitrogens with zero attached hydrogens (tertiary/aromatic N) is 5. The van der Waals surface area contributed by atoms with Gasteiger partial charge in [0.05, 0.1) is 13.2 Å². The van der Waals surface area contributed by atoms with E-state index in [9.17, 15) is 0 Å². The number of nitrogens with one attached hydrogen (secondary N) is 1. The smallest absolute Gasteiger partial charge is 0.193 e. The van der Waals surface area contributed by atoms with Crippen LogP contribution in [-0.4, -0.2) is 84.8 Å². The largest absolute Gasteiger partial charge is 0.379 e. The van der Waals surface area contributed by atoms with E-state index in [1.54, 1.807) is 0 Å². The number of rotatable bonds is 7. The van der Waals surface area contributed by atoms with Gasteiger partial charge in [-0.15, -0.1) is 24.0 Å². The SMILES string of the molecule is CN=C(NCCCCn1ccnc1C)N1CCC(CN2CCOCC2)C1.I. The second-order valence-electron chi connectivity index (χ2n) is 7.36. The van der Waals surface area contributed by atoms with Crippen LogP contribution in [0.2, 0.25) is 0 Å². The highest BCUT2D eigenvalue weighted by Gasteiger charge is 2.26. The zero-order valence-corrected chi connectivity index (χ0v) is 19.1. The minimum atomic E-state index is 0. The number of imidazole rings is 1. The summed E-state index contributed by atoms with van der Waals surface area (Å²) >= 11 is 0. The molecule has 7 nitrogen and oxygen atoms in total. The summed E-state index contributed by atoms with van der Waals surface area (Å²) < 4.78 is 7.66. The van der Waals surface area contributed by atoms with Crippen LogP contribution < -0.4 is 5.32 Å². The lowest BCUT2D eigenvalue weighted by atomic mass is 10.1. The first kappa shape index (κ1) is 22.4. The molecule has 0 bridgehead atoms. The molecule has 0 aromatic carbocycles. The highest BCUT2D eigenvalue weighted by atomic mass is 127. The normalized spacial score (nSPS) is 21.3. The molecule has 2 saturated heterocycles. The van der Waals surface area contributed by atoms with Crippen molar-refractivity contribution < 1.29 is 4.74 Å². The predicted molar refractivity (Wildman–Crippen MR) is 120 cm³/mol. The number of hydrogen-bond acceptors (Lipinski definition) is 4. The molecule has 2 aliphatic rings. The summed E-state index contributed by atoms with van der Waals surface area (Å²) in [5, 5.41) is 3.55. The quantitative estimate of drug-likeness (QED) is 0.274. The molecule has 0 amide bonds. The minimum absolute atomic E-state index is 0. The third-order valence-corrected chi connectivity index (χ3v) is 5.45. The van der Waals surface area contributed by atoms with Crippen molar-refractivity contribution >= 4 is 29.9 Å². The summed E-state index contributed by atoms with van der Waals surface area (Å²) in [6, 6.07) is 0. The van der Waals surface area contributed by atoms with Crippen molar-refractivity contribution in [3.63, 3.8) is 0 Å². The van der Waals surface area contributed by atoms with Crippen LogP contribution in [0.15, 0.2) is 17.4 Å². The molecule has 1 N–H and O–H groups in total. The maximum atomic E-state index is 5.45. The van der Waals surface area contributed by atoms with Crippen LogP contribution in [0.1, 0.15) is 25.1 Å². The van der Waals surface area contributed by atoms with Crippen LogP contribution in [0.25, 0.3) is 0 Å². The number of aryl methyl sites for hydroxylation is 2. The Morgan fingerprint density at radius 2 is 2.11 bits per heavy atom. The average Bonchev–Trinajstić information content (AvgIpc) is 3.28. The maximum absolute atomic E-state index is 5.45. The van der Waals surface area contributed by atoms with Gasteiger partial charge in [0.15, 0.2) is 5.96 Å². The van der Waals surface area contributed by atoms with Gasteiger partial charge in [0.2, 0.25) is 0 Å². The second kappa shape index (κ2) is 11.9. The van der Waals surface area contributed by atoms with E-state index in [1.807, 2.05) is 13.2 Å². The summed E-state index contributed by atoms with van der Waals surface area (Å²) in [6.45, 7) is 11.4. The van der Waals surface area contributed by atoms with Gasteiger partial charge in [-0.2, -0.15) is 0 Å². The predicted octanol–water partition coefficient (Wildman–Crippen LogP) is 1.82. The lowest BCUT2D eigenvalue weighted by Crippen LogP contribution is -2.42. The van der Waals surface area contributed by atoms with E-state index in [1.165, 1.54) is 13.0 Å². The average molecular weight is 490 g/mol. The molecule has 2 fully saturated rings. The molecule has 2 aliphatic heterocycles. The van der Waals surface area contributed by atoms with Gasteiger partial charge in [-0.05, 0) is 32.1 Å². The second-order valence-corrected chi connectivity index (χ2v) is 7.36. The highest BCUT2D eigenvalue weighted by molar-refractivity contribution is 14.0. The lowest BCUT2D eigenvalue weighted by Gasteiger charge is -2.29. The molecule has 27 heavy (non-hydrogen) atoms. The van der Waals surface area contributed by atoms with E-state index in [0.717, 1.165) is 83.0 Å². The monoisotopic (exact) mass is 490 g/mol. The summed E-state index contributed by atoms with van der Waals surface area (Å²) in [7, 11) is 1.90. The molecule has 8 heteroatoms. The number of morpholine rings is 1. The number of ether oxygens (including phenoxy) is 1. The zero-order chi connectivity index (χ0) is 18.2. The van der Waals surface area contributed by atoms with Crippen molar-refractivity contribution in [1.82, 2.24) is 24.7 Å². The summed E-state index contributed by atoms with van der Waals surface area (Å²) in [6.07, 6.45) is 7.48. The number of hydrogen-bond donors (Lipinski definition) is 1. The standard InChI is InChI=1S/C19H34N6O.HI/c1-17-21-7-10-24(17)8-4-3-6-22-19(20-2)25-9-5-18(16-25)15-23-11-13-26-14-12-23;/h7,10,18H,3-6,8-9,11-16H2,1-2H3,(H,20,22);1H. The Morgan fingerprint density at radius 3 is 2.81 bits per heavy atom. The molecule has 1 aromatic heterocycles. The molecule has 3 heterocycles. The van der Waals surface area contributed by atoms with E-state index in [4.69, 9.17) is 4.74 Å². The van der Waals surface area contributed by atoms with Crippen molar-refractivity contribution in [1.29, 1.82) is 0 Å². The number of aromatic nitrogens is 2. The van der Waals surface area contributed by atoms with Crippen LogP contribution in [-0.2, 0) is 11.3 Å². The van der Waals surface area contributed by atoms with Crippen LogP contribution in [0.4, 0.5) is 0 Å². The fourth-order valence-electron chi connectivity index (χ4n) is 3.90. The van der Waals surface area contributed by atoms with Gasteiger partial charge in [-0.25, -0.2) is 4.98 Å². The molecule has 3 rings (SSSR count). The lowest BCUT2D eigenvalue weighted by molar-refractivity contribution is 0.0315. The maximum Gasteiger partial charge on any atom is 0.193 e. The molecule has 1 unspecified atom stereocenters. The molecule has 0 spiro atoms. The Bertz CT molecular complexity index is 572. The van der Waals surface area contributed by atoms with Gasteiger partial charge in [0.25, 0.3) is 0 Å². The van der Waals surface area contributed by atoms with E-state index >= 15 is 0 Å². The van der Waals surface area contributed by atoms with Gasteiger partial charge in [0.1, 0.15) is 5.82 Å². The van der Waals surface area contributed by atoms with E-state index in [-0.39, 0.29) is 24.0 Å². The first-order valence-electron chi connectivity index (χ1n) is 9.99. The molecule has 0 aliphatic carbocycles. The Kier molecular flexibility index (Phi) is 9.84. The van der Waals surface area contributed by atoms with Crippen molar-refractivity contribution in [3.8, 4) is 0 Å². The molecular formula is C19H35IN6O. The van der Waals surface area contributed by atoms with Crippen molar-refractivity contribution in [2.75, 3.05) is 59.5 Å². The summed E-state index contributed by atoms with van der Waals surface area (Å²) in [4.78, 5) is 13.7. The number of aliphatic imine (C=N–C) groups is 1. The van der Waals surface area contributed by atoms with Crippen molar-refractivity contribution in [3.05, 3.63) is 18.2 Å². The third kappa shape index (κ3) is 6.90. The van der Waals surface area contributed by atoms with Gasteiger partial charge >= 0.3 is 0 Å². The summed E-state index contributed by atoms with van der Waals surface area (Å²) in [5.41, 5.74) is 0. The number of likely N-dealkylation sites (tertiary alicyclic amines) is 1. The zero-order valence-electron chi connectivity index (χ0n) is 16.8. The topological polar surface area (TPSA) is 57.9 Å². The molecule has 0 saturated carbocycles. The van der Waals surface area contributed by atoms with Crippen LogP contribution in [0.3, 0.4) is 0 Å². The number of halogens is 1. The van der Waals surface area contributed by atoms with Crippen molar-refractivity contribution in [2.45, 2.75) is 32.7 Å². The molecule has 1 atom stereocenters. The van der Waals surface area contributed by atoms with Crippen molar-refractivity contribution in [2.24, 2.45) is 10.9 Å². The first-order valence-corrected chi connectivity index (χ1v) is 9.99. The van der Waals surface area contributed by atoms with Gasteiger partial charge in [-0.1, -0.05) is 0 Å². The molecule has 1 aromatic rings. The molecular weight excluding hydrogens is 455 g/mol. The van der Waals surface area contributed by atoms with Gasteiger partial charge in [-0.3, -0.25) is 9.89 Å². The number of unbranched alkanes of at least 4 members (excludes halogenated alkanes) is 1.